The second-order valence-electron chi connectivity index (χ2n) is 12.9. The highest BCUT2D eigenvalue weighted by Crippen LogP contribution is 2.37. The number of carbonyl (C=O) groups excluding carboxylic acids is 1. The number of aliphatic hydroxyl groups is 1. The first kappa shape index (κ1) is 38.8. The van der Waals surface area contributed by atoms with Crippen LogP contribution in [-0.4, -0.2) is 59.6 Å². The molecule has 0 radical (unpaired) electrons. The van der Waals surface area contributed by atoms with Crippen LogP contribution in [0, 0.1) is 0 Å². The summed E-state index contributed by atoms with van der Waals surface area (Å²) < 4.78 is 27.1. The molecule has 5 N–H and O–H groups in total. The molecule has 0 saturated heterocycles. The molecule has 0 saturated carbocycles. The molecule has 0 aliphatic heterocycles. The van der Waals surface area contributed by atoms with E-state index in [4.69, 9.17) is 25.1 Å². The maximum absolute atomic E-state index is 12.7. The van der Waals surface area contributed by atoms with Crippen LogP contribution in [0.2, 0.25) is 18.1 Å². The van der Waals surface area contributed by atoms with E-state index in [1.807, 2.05) is 45.0 Å². The number of aliphatic hydroxyl groups excluding tert-OH is 1. The van der Waals surface area contributed by atoms with Gasteiger partial charge in [-0.05, 0) is 68.1 Å². The average Bonchev–Trinajstić information content (AvgIpc) is 2.90. The maximum atomic E-state index is 12.7. The van der Waals surface area contributed by atoms with Gasteiger partial charge in [-0.1, -0.05) is 69.3 Å². The van der Waals surface area contributed by atoms with Crippen molar-refractivity contribution in [3.63, 3.8) is 0 Å². The lowest BCUT2D eigenvalue weighted by molar-refractivity contribution is -0.142. The van der Waals surface area contributed by atoms with Crippen molar-refractivity contribution in [2.75, 3.05) is 19.8 Å². The number of nitrogens with one attached hydrogen (secondary N) is 1. The summed E-state index contributed by atoms with van der Waals surface area (Å²) in [4.78, 5) is 22.1. The molecule has 0 aromatic heterocycles. The smallest absolute Gasteiger partial charge is 0.310 e. The predicted molar refractivity (Wildman–Crippen MR) is 175 cm³/mol. The first-order valence-electron chi connectivity index (χ1n) is 14.5. The van der Waals surface area contributed by atoms with Gasteiger partial charge in [-0.3, -0.25) is 9.59 Å². The third-order valence-corrected chi connectivity index (χ3v) is 13.3. The fourth-order valence-electron chi connectivity index (χ4n) is 3.42. The minimum Gasteiger partial charge on any atom is -0.598 e. The van der Waals surface area contributed by atoms with Crippen LogP contribution in [0.15, 0.2) is 48.5 Å². The van der Waals surface area contributed by atoms with E-state index in [1.165, 1.54) is 0 Å². The number of carboxylic acids is 1. The average molecular weight is 637 g/mol. The first-order valence-corrected chi connectivity index (χ1v) is 18.6. The lowest BCUT2D eigenvalue weighted by Crippen LogP contribution is -2.46. The second kappa shape index (κ2) is 17.3. The van der Waals surface area contributed by atoms with Gasteiger partial charge >= 0.3 is 11.9 Å². The highest BCUT2D eigenvalue weighted by molar-refractivity contribution is 7.90. The van der Waals surface area contributed by atoms with Gasteiger partial charge in [-0.15, -0.1) is 4.72 Å². The molecule has 0 fully saturated rings. The number of rotatable bonds is 13. The molecule has 0 spiro atoms. The Morgan fingerprint density at radius 1 is 0.953 bits per heavy atom. The van der Waals surface area contributed by atoms with Crippen LogP contribution in [0.1, 0.15) is 82.8 Å². The fourth-order valence-corrected chi connectivity index (χ4v) is 5.25. The number of hydrogen-bond acceptors (Lipinski definition) is 8. The minimum atomic E-state index is -1.94. The van der Waals surface area contributed by atoms with Crippen LogP contribution in [0.4, 0.5) is 0 Å². The van der Waals surface area contributed by atoms with Crippen molar-refractivity contribution >= 4 is 31.6 Å². The van der Waals surface area contributed by atoms with Gasteiger partial charge in [-0.25, -0.2) is 0 Å². The number of ether oxygens (including phenoxy) is 1. The van der Waals surface area contributed by atoms with E-state index >= 15 is 0 Å². The van der Waals surface area contributed by atoms with Crippen LogP contribution in [0.5, 0.6) is 0 Å². The summed E-state index contributed by atoms with van der Waals surface area (Å²) in [6, 6.07) is 14.1. The number of nitrogens with two attached hydrogens (primary N) is 1. The van der Waals surface area contributed by atoms with Crippen molar-refractivity contribution in [3.8, 4) is 0 Å². The molecule has 3 atom stereocenters. The van der Waals surface area contributed by atoms with E-state index in [-0.39, 0.29) is 41.2 Å². The van der Waals surface area contributed by atoms with Gasteiger partial charge < -0.3 is 29.7 Å². The summed E-state index contributed by atoms with van der Waals surface area (Å²) in [5.74, 6) is -1.09. The summed E-state index contributed by atoms with van der Waals surface area (Å²) in [6.45, 7) is 19.4. The second-order valence-corrected chi connectivity index (χ2v) is 19.8. The van der Waals surface area contributed by atoms with E-state index in [0.29, 0.717) is 13.2 Å². The minimum absolute atomic E-state index is 0.00857. The molecule has 0 bridgehead atoms. The molecule has 0 aliphatic carbocycles. The number of benzene rings is 2. The number of aliphatic carboxylic acids is 1. The van der Waals surface area contributed by atoms with Crippen LogP contribution < -0.4 is 10.5 Å². The summed E-state index contributed by atoms with van der Waals surface area (Å²) in [6.07, 6.45) is 0.259. The molecule has 242 valence electrons. The van der Waals surface area contributed by atoms with Crippen molar-refractivity contribution in [3.05, 3.63) is 70.8 Å². The number of hydrogen-bond donors (Lipinski definition) is 4. The molecule has 2 aromatic carbocycles. The van der Waals surface area contributed by atoms with Gasteiger partial charge in [-0.2, -0.15) is 0 Å². The lowest BCUT2D eigenvalue weighted by atomic mass is 10.0. The van der Waals surface area contributed by atoms with E-state index < -0.39 is 31.7 Å². The zero-order valence-electron chi connectivity index (χ0n) is 27.2. The molecular weight excluding hydrogens is 585 g/mol. The third kappa shape index (κ3) is 13.9. The molecule has 3 unspecified atom stereocenters. The molecule has 11 heteroatoms. The van der Waals surface area contributed by atoms with Crippen LogP contribution in [0.3, 0.4) is 0 Å². The van der Waals surface area contributed by atoms with Gasteiger partial charge in [0.25, 0.3) is 0 Å². The Morgan fingerprint density at radius 3 is 1.86 bits per heavy atom. The topological polar surface area (TPSA) is 154 Å². The molecule has 0 heterocycles. The Balaban J connectivity index is 0.000000549. The highest BCUT2D eigenvalue weighted by Gasteiger charge is 2.38. The predicted octanol–water partition coefficient (Wildman–Crippen LogP) is 5.21. The Labute approximate surface area is 262 Å². The van der Waals surface area contributed by atoms with Crippen molar-refractivity contribution in [2.45, 2.75) is 96.3 Å². The molecule has 43 heavy (non-hydrogen) atoms. The maximum Gasteiger partial charge on any atom is 0.310 e. The van der Waals surface area contributed by atoms with E-state index in [9.17, 15) is 14.1 Å². The van der Waals surface area contributed by atoms with E-state index in [1.54, 1.807) is 31.2 Å². The number of carboxylic acid groups (broad SMARTS) is 1. The van der Waals surface area contributed by atoms with Gasteiger partial charge in [0.15, 0.2) is 8.32 Å². The van der Waals surface area contributed by atoms with Crippen LogP contribution in [0.25, 0.3) is 0 Å². The molecular formula is C32H52N2O7SSi. The normalized spacial score (nSPS) is 14.2. The van der Waals surface area contributed by atoms with Crippen molar-refractivity contribution in [2.24, 2.45) is 5.73 Å². The lowest BCUT2D eigenvalue weighted by Gasteiger charge is -2.37. The van der Waals surface area contributed by atoms with Crippen molar-refractivity contribution < 1.29 is 33.5 Å². The summed E-state index contributed by atoms with van der Waals surface area (Å²) >= 11 is -1.22. The summed E-state index contributed by atoms with van der Waals surface area (Å²) in [5.41, 5.74) is 9.01. The fraction of sp³-hybridized carbons (Fsp3) is 0.562. The number of carbonyl (C=O) groups is 2. The van der Waals surface area contributed by atoms with Crippen LogP contribution >= 0.6 is 0 Å². The van der Waals surface area contributed by atoms with Gasteiger partial charge in [0.1, 0.15) is 4.75 Å². The molecule has 9 nitrogen and oxygen atoms in total. The SMILES string of the molecule is CCOC(=O)Cc1ccc(C(CO[Si](C)(C)C(C)(C)C)N[S+]([O-])C(C)(C)C)cc1.NC(CO)c1ccc(CC(=O)O)cc1. The zero-order chi connectivity index (χ0) is 33.0. The molecule has 0 aliphatic rings. The Morgan fingerprint density at radius 2 is 1.44 bits per heavy atom. The van der Waals surface area contributed by atoms with Crippen LogP contribution in [-0.2, 0) is 43.0 Å². The Kier molecular flexibility index (Phi) is 15.6. The number of esters is 1. The largest absolute Gasteiger partial charge is 0.598 e. The molecule has 0 amide bonds. The zero-order valence-corrected chi connectivity index (χ0v) is 29.0. The Bertz CT molecular complexity index is 1130. The third-order valence-electron chi connectivity index (χ3n) is 7.22. The van der Waals surface area contributed by atoms with Gasteiger partial charge in [0, 0.05) is 11.4 Å². The van der Waals surface area contributed by atoms with Crippen molar-refractivity contribution in [1.82, 2.24) is 4.72 Å². The highest BCUT2D eigenvalue weighted by atomic mass is 32.2. The first-order chi connectivity index (χ1) is 19.8. The quantitative estimate of drug-likeness (QED) is 0.132. The van der Waals surface area contributed by atoms with E-state index in [0.717, 1.165) is 22.3 Å². The van der Waals surface area contributed by atoms with E-state index in [2.05, 4.69) is 38.6 Å². The van der Waals surface area contributed by atoms with Gasteiger partial charge in [0.05, 0.1) is 44.7 Å². The van der Waals surface area contributed by atoms with Crippen molar-refractivity contribution in [1.29, 1.82) is 0 Å². The molecule has 2 rings (SSSR count). The molecule has 2 aromatic rings. The summed E-state index contributed by atoms with van der Waals surface area (Å²) in [7, 11) is -1.94. The van der Waals surface area contributed by atoms with Gasteiger partial charge in [0.2, 0.25) is 0 Å². The summed E-state index contributed by atoms with van der Waals surface area (Å²) in [5, 5.41) is 17.4. The monoisotopic (exact) mass is 636 g/mol. The Hall–Kier alpha value is -2.25. The standard InChI is InChI=1S/C22H39NO4SSi.C10H13NO3/c1-10-26-20(24)15-17-11-13-18(14-12-17)19(23-28(25)21(2,3)4)16-27-29(8,9)22(5,6)7;11-9(6-12)8-3-1-7(2-4-8)5-10(13)14/h11-14,19,23H,10,15-16H2,1-9H3;1-4,9,12H,5-6,11H2,(H,13,14).